The minimum atomic E-state index is -3.96. The molecule has 3 rings (SSSR count). The summed E-state index contributed by atoms with van der Waals surface area (Å²) in [5.41, 5.74) is 0.524. The molecule has 1 N–H and O–H groups in total. The molecule has 0 atom stereocenters. The third kappa shape index (κ3) is 6.02. The number of ether oxygens (including phenoxy) is 3. The van der Waals surface area contributed by atoms with Crippen molar-refractivity contribution in [1.29, 1.82) is 0 Å². The molecule has 0 heterocycles. The highest BCUT2D eigenvalue weighted by atomic mass is 32.2. The van der Waals surface area contributed by atoms with Crippen LogP contribution in [0.25, 0.3) is 0 Å². The van der Waals surface area contributed by atoms with Crippen LogP contribution in [0, 0.1) is 5.82 Å². The van der Waals surface area contributed by atoms with Crippen LogP contribution in [0.15, 0.2) is 60.7 Å². The molecule has 0 aliphatic rings. The van der Waals surface area contributed by atoms with Crippen LogP contribution in [0.3, 0.4) is 0 Å². The Kier molecular flexibility index (Phi) is 8.18. The Balaban J connectivity index is 2.15. The van der Waals surface area contributed by atoms with Gasteiger partial charge in [0.25, 0.3) is 5.91 Å². The van der Waals surface area contributed by atoms with Crippen molar-refractivity contribution < 1.29 is 31.8 Å². The highest BCUT2D eigenvalue weighted by Gasteiger charge is 2.27. The van der Waals surface area contributed by atoms with Crippen LogP contribution in [0.1, 0.15) is 22.8 Å². The fourth-order valence-electron chi connectivity index (χ4n) is 3.46. The molecule has 186 valence electrons. The summed E-state index contributed by atoms with van der Waals surface area (Å²) in [5.74, 6) is -0.306. The van der Waals surface area contributed by atoms with E-state index in [0.29, 0.717) is 18.0 Å². The molecule has 0 fully saturated rings. The quantitative estimate of drug-likeness (QED) is 0.440. The number of para-hydroxylation sites is 2. The number of hydrogen-bond acceptors (Lipinski definition) is 6. The lowest BCUT2D eigenvalue weighted by molar-refractivity contribution is 0.102. The van der Waals surface area contributed by atoms with Gasteiger partial charge in [-0.1, -0.05) is 30.3 Å². The van der Waals surface area contributed by atoms with E-state index < -0.39 is 21.7 Å². The molecule has 0 unspecified atom stereocenters. The maximum Gasteiger partial charge on any atom is 0.258 e. The van der Waals surface area contributed by atoms with Gasteiger partial charge in [0, 0.05) is 11.6 Å². The van der Waals surface area contributed by atoms with Gasteiger partial charge in [0.15, 0.2) is 11.5 Å². The first kappa shape index (κ1) is 25.8. The minimum absolute atomic E-state index is 0.000191. The van der Waals surface area contributed by atoms with Gasteiger partial charge >= 0.3 is 0 Å². The first-order chi connectivity index (χ1) is 16.7. The molecule has 35 heavy (non-hydrogen) atoms. The van der Waals surface area contributed by atoms with E-state index in [0.717, 1.165) is 10.6 Å². The van der Waals surface area contributed by atoms with Crippen molar-refractivity contribution >= 4 is 27.3 Å². The number of nitrogens with one attached hydrogen (secondary N) is 1. The van der Waals surface area contributed by atoms with E-state index in [2.05, 4.69) is 5.32 Å². The zero-order chi connectivity index (χ0) is 25.6. The summed E-state index contributed by atoms with van der Waals surface area (Å²) < 4.78 is 57.3. The van der Waals surface area contributed by atoms with Crippen LogP contribution in [0.5, 0.6) is 17.2 Å². The Hall–Kier alpha value is -3.79. The van der Waals surface area contributed by atoms with Crippen molar-refractivity contribution in [3.05, 3.63) is 77.6 Å². The lowest BCUT2D eigenvalue weighted by Gasteiger charge is -2.26. The molecule has 3 aromatic rings. The van der Waals surface area contributed by atoms with Gasteiger partial charge in [-0.2, -0.15) is 0 Å². The molecule has 10 heteroatoms. The van der Waals surface area contributed by atoms with Crippen molar-refractivity contribution in [3.8, 4) is 17.2 Å². The van der Waals surface area contributed by atoms with Crippen molar-refractivity contribution in [3.63, 3.8) is 0 Å². The third-order valence-corrected chi connectivity index (χ3v) is 6.25. The van der Waals surface area contributed by atoms with Crippen LogP contribution < -0.4 is 23.8 Å². The van der Waals surface area contributed by atoms with Crippen molar-refractivity contribution in [1.82, 2.24) is 0 Å². The third-order valence-electron chi connectivity index (χ3n) is 5.12. The van der Waals surface area contributed by atoms with Crippen molar-refractivity contribution in [2.75, 3.05) is 36.7 Å². The maximum atomic E-state index is 14.4. The minimum Gasteiger partial charge on any atom is -0.493 e. The Morgan fingerprint density at radius 1 is 0.971 bits per heavy atom. The maximum absolute atomic E-state index is 14.4. The predicted octanol–water partition coefficient (Wildman–Crippen LogP) is 4.46. The number of benzene rings is 3. The van der Waals surface area contributed by atoms with E-state index in [1.165, 1.54) is 44.6 Å². The van der Waals surface area contributed by atoms with Crippen molar-refractivity contribution in [2.24, 2.45) is 0 Å². The summed E-state index contributed by atoms with van der Waals surface area (Å²) in [4.78, 5) is 13.5. The number of carbonyl (C=O) groups excluding carboxylic acids is 1. The van der Waals surface area contributed by atoms with E-state index in [1.807, 2.05) is 6.92 Å². The Morgan fingerprint density at radius 3 is 2.23 bits per heavy atom. The number of carbonyl (C=O) groups is 1. The van der Waals surface area contributed by atoms with Crippen LogP contribution in [-0.2, 0) is 16.6 Å². The Bertz CT molecular complexity index is 1310. The molecule has 0 aliphatic heterocycles. The molecular weight excluding hydrogens is 475 g/mol. The van der Waals surface area contributed by atoms with Gasteiger partial charge < -0.3 is 19.5 Å². The number of amides is 1. The fraction of sp³-hybridized carbons (Fsp3) is 0.240. The Labute approximate surface area is 204 Å². The summed E-state index contributed by atoms with van der Waals surface area (Å²) in [6.07, 6.45) is 0.983. The van der Waals surface area contributed by atoms with Crippen LogP contribution in [0.2, 0.25) is 0 Å². The summed E-state index contributed by atoms with van der Waals surface area (Å²) >= 11 is 0. The highest BCUT2D eigenvalue weighted by molar-refractivity contribution is 7.92. The number of nitrogens with zero attached hydrogens (tertiary/aromatic N) is 1. The number of hydrogen-bond donors (Lipinski definition) is 1. The second-order valence-corrected chi connectivity index (χ2v) is 9.38. The van der Waals surface area contributed by atoms with E-state index in [9.17, 15) is 17.6 Å². The number of halogens is 1. The molecule has 0 radical (unpaired) electrons. The van der Waals surface area contributed by atoms with E-state index in [1.54, 1.807) is 30.3 Å². The standard InChI is InChI=1S/C25H27FN2O6S/c1-5-34-22-13-9-8-12-20(22)27-25(29)18-14-23(32-2)24(33-3)15-21(18)28(35(4,30)31)16-17-10-6-7-11-19(17)26/h6-15H,5,16H2,1-4H3,(H,27,29). The normalized spacial score (nSPS) is 11.0. The second kappa shape index (κ2) is 11.1. The van der Waals surface area contributed by atoms with E-state index >= 15 is 0 Å². The topological polar surface area (TPSA) is 94.2 Å². The van der Waals surface area contributed by atoms with Crippen LogP contribution in [-0.4, -0.2) is 41.4 Å². The average molecular weight is 503 g/mol. The molecule has 0 aromatic heterocycles. The first-order valence-corrected chi connectivity index (χ1v) is 12.5. The smallest absolute Gasteiger partial charge is 0.258 e. The van der Waals surface area contributed by atoms with Gasteiger partial charge in [-0.3, -0.25) is 9.10 Å². The zero-order valence-corrected chi connectivity index (χ0v) is 20.7. The first-order valence-electron chi connectivity index (χ1n) is 10.7. The monoisotopic (exact) mass is 502 g/mol. The summed E-state index contributed by atoms with van der Waals surface area (Å²) in [6, 6.07) is 15.5. The predicted molar refractivity (Wildman–Crippen MR) is 133 cm³/mol. The molecule has 0 saturated carbocycles. The number of rotatable bonds is 10. The van der Waals surface area contributed by atoms with Gasteiger partial charge in [0.05, 0.1) is 50.6 Å². The van der Waals surface area contributed by atoms with Gasteiger partial charge in [-0.15, -0.1) is 0 Å². The number of anilines is 2. The van der Waals surface area contributed by atoms with Crippen LogP contribution in [0.4, 0.5) is 15.8 Å². The Morgan fingerprint density at radius 2 is 1.60 bits per heavy atom. The van der Waals surface area contributed by atoms with E-state index in [4.69, 9.17) is 14.2 Å². The molecule has 0 bridgehead atoms. The lowest BCUT2D eigenvalue weighted by atomic mass is 10.1. The zero-order valence-electron chi connectivity index (χ0n) is 19.9. The summed E-state index contributed by atoms with van der Waals surface area (Å²) in [7, 11) is -1.17. The molecular formula is C25H27FN2O6S. The average Bonchev–Trinajstić information content (AvgIpc) is 2.83. The summed E-state index contributed by atoms with van der Waals surface area (Å²) in [5, 5.41) is 2.77. The largest absolute Gasteiger partial charge is 0.493 e. The second-order valence-electron chi connectivity index (χ2n) is 7.47. The van der Waals surface area contributed by atoms with Gasteiger partial charge in [-0.05, 0) is 31.2 Å². The molecule has 0 spiro atoms. The van der Waals surface area contributed by atoms with Crippen LogP contribution >= 0.6 is 0 Å². The van der Waals surface area contributed by atoms with Gasteiger partial charge in [0.1, 0.15) is 11.6 Å². The summed E-state index contributed by atoms with van der Waals surface area (Å²) in [6.45, 7) is 1.87. The number of methoxy groups -OCH3 is 2. The van der Waals surface area contributed by atoms with E-state index in [-0.39, 0.29) is 34.9 Å². The highest BCUT2D eigenvalue weighted by Crippen LogP contribution is 2.38. The fourth-order valence-corrected chi connectivity index (χ4v) is 4.34. The molecule has 3 aromatic carbocycles. The molecule has 8 nitrogen and oxygen atoms in total. The molecule has 0 saturated heterocycles. The van der Waals surface area contributed by atoms with Gasteiger partial charge in [0.2, 0.25) is 10.0 Å². The molecule has 0 aliphatic carbocycles. The van der Waals surface area contributed by atoms with Gasteiger partial charge in [-0.25, -0.2) is 12.8 Å². The van der Waals surface area contributed by atoms with Crippen molar-refractivity contribution in [2.45, 2.75) is 13.5 Å². The lowest BCUT2D eigenvalue weighted by Crippen LogP contribution is -2.32. The SMILES string of the molecule is CCOc1ccccc1NC(=O)c1cc(OC)c(OC)cc1N(Cc1ccccc1F)S(C)(=O)=O. The number of sulfonamides is 1. The molecule has 1 amide bonds.